The van der Waals surface area contributed by atoms with Gasteiger partial charge in [0.25, 0.3) is 0 Å². The minimum Gasteiger partial charge on any atom is -0.207 e. The lowest BCUT2D eigenvalue weighted by molar-refractivity contribution is 0.550. The van der Waals surface area contributed by atoms with Crippen molar-refractivity contribution < 1.29 is 17.6 Å². The van der Waals surface area contributed by atoms with Crippen molar-refractivity contribution in [2.24, 2.45) is 0 Å². The van der Waals surface area contributed by atoms with E-state index in [1.54, 1.807) is 30.3 Å². The van der Waals surface area contributed by atoms with Crippen molar-refractivity contribution in [2.45, 2.75) is 32.6 Å². The lowest BCUT2D eigenvalue weighted by atomic mass is 9.99. The molecule has 0 fully saturated rings. The molecule has 0 nitrogen and oxygen atoms in total. The molecule has 0 saturated heterocycles. The van der Waals surface area contributed by atoms with Crippen LogP contribution in [0.3, 0.4) is 0 Å². The Morgan fingerprint density at radius 3 is 2.03 bits per heavy atom. The molecular formula is C29H22F4. The maximum atomic E-state index is 14.6. The molecule has 0 heterocycles. The van der Waals surface area contributed by atoms with E-state index in [1.807, 2.05) is 13.0 Å². The fourth-order valence-corrected chi connectivity index (χ4v) is 3.85. The van der Waals surface area contributed by atoms with Gasteiger partial charge >= 0.3 is 0 Å². The maximum Gasteiger partial charge on any atom is 0.139 e. The van der Waals surface area contributed by atoms with Gasteiger partial charge in [0.2, 0.25) is 0 Å². The predicted octanol–water partition coefficient (Wildman–Crippen LogP) is 7.53. The summed E-state index contributed by atoms with van der Waals surface area (Å²) in [4.78, 5) is 0. The van der Waals surface area contributed by atoms with E-state index < -0.39 is 17.5 Å². The van der Waals surface area contributed by atoms with Gasteiger partial charge in [-0.25, -0.2) is 17.6 Å². The third-order valence-corrected chi connectivity index (χ3v) is 5.58. The summed E-state index contributed by atoms with van der Waals surface area (Å²) < 4.78 is 56.5. The normalized spacial score (nSPS) is 10.8. The van der Waals surface area contributed by atoms with Crippen LogP contribution < -0.4 is 0 Å². The van der Waals surface area contributed by atoms with E-state index in [1.165, 1.54) is 30.3 Å². The van der Waals surface area contributed by atoms with Crippen LogP contribution in [0.25, 0.3) is 10.8 Å². The summed E-state index contributed by atoms with van der Waals surface area (Å²) in [5.74, 6) is 3.86. The highest BCUT2D eigenvalue weighted by Crippen LogP contribution is 2.20. The molecule has 0 amide bonds. The average Bonchev–Trinajstić information content (AvgIpc) is 2.78. The Balaban J connectivity index is 1.48. The van der Waals surface area contributed by atoms with E-state index >= 15 is 0 Å². The quantitative estimate of drug-likeness (QED) is 0.220. The number of rotatable bonds is 5. The zero-order chi connectivity index (χ0) is 23.4. The standard InChI is InChI=1S/C29H22F4/c1-2-3-21-16-28(32)26(29(33)17-21)13-7-20-5-9-22(27(31)15-20)8-4-19-6-10-24-18-25(30)12-11-23(24)14-19/h5-6,9-12,14-18H,2-3,7,13H2,1H3. The molecule has 0 unspecified atom stereocenters. The number of halogens is 4. The van der Waals surface area contributed by atoms with E-state index in [4.69, 9.17) is 0 Å². The van der Waals surface area contributed by atoms with Crippen LogP contribution in [-0.2, 0) is 19.3 Å². The Bertz CT molecular complexity index is 1350. The van der Waals surface area contributed by atoms with Gasteiger partial charge in [0.15, 0.2) is 0 Å². The Labute approximate surface area is 190 Å². The fraction of sp³-hybridized carbons (Fsp3) is 0.172. The molecule has 4 rings (SSSR count). The molecule has 0 aliphatic heterocycles. The maximum absolute atomic E-state index is 14.6. The van der Waals surface area contributed by atoms with Gasteiger partial charge < -0.3 is 0 Å². The molecule has 0 aromatic heterocycles. The van der Waals surface area contributed by atoms with Crippen LogP contribution in [0.1, 0.15) is 41.2 Å². The Morgan fingerprint density at radius 2 is 1.30 bits per heavy atom. The molecule has 0 bridgehead atoms. The average molecular weight is 446 g/mol. The van der Waals surface area contributed by atoms with Crippen molar-refractivity contribution in [2.75, 3.05) is 0 Å². The Morgan fingerprint density at radius 1 is 0.606 bits per heavy atom. The second kappa shape index (κ2) is 9.92. The Hall–Kier alpha value is -3.58. The molecule has 0 radical (unpaired) electrons. The van der Waals surface area contributed by atoms with Crippen molar-refractivity contribution in [3.63, 3.8) is 0 Å². The number of hydrogen-bond acceptors (Lipinski definition) is 0. The Kier molecular flexibility index (Phi) is 6.79. The third kappa shape index (κ3) is 5.43. The first kappa shape index (κ1) is 22.6. The van der Waals surface area contributed by atoms with Gasteiger partial charge in [-0.2, -0.15) is 0 Å². The SMILES string of the molecule is CCCc1cc(F)c(CCc2ccc(C#Cc3ccc4cc(F)ccc4c3)c(F)c2)c(F)c1. The molecule has 4 aromatic carbocycles. The highest BCUT2D eigenvalue weighted by molar-refractivity contribution is 5.84. The van der Waals surface area contributed by atoms with Crippen molar-refractivity contribution in [1.82, 2.24) is 0 Å². The van der Waals surface area contributed by atoms with Crippen LogP contribution in [0.5, 0.6) is 0 Å². The topological polar surface area (TPSA) is 0 Å². The molecule has 0 spiro atoms. The summed E-state index contributed by atoms with van der Waals surface area (Å²) in [6.45, 7) is 1.95. The lowest BCUT2D eigenvalue weighted by Crippen LogP contribution is -2.01. The highest BCUT2D eigenvalue weighted by atomic mass is 19.1. The minimum atomic E-state index is -0.556. The first-order valence-corrected chi connectivity index (χ1v) is 10.9. The van der Waals surface area contributed by atoms with E-state index in [0.29, 0.717) is 29.5 Å². The molecule has 4 aromatic rings. The van der Waals surface area contributed by atoms with Gasteiger partial charge in [-0.1, -0.05) is 43.4 Å². The summed E-state index contributed by atoms with van der Waals surface area (Å²) >= 11 is 0. The van der Waals surface area contributed by atoms with Crippen LogP contribution in [-0.4, -0.2) is 0 Å². The summed E-state index contributed by atoms with van der Waals surface area (Å²) in [6, 6.07) is 17.3. The smallest absolute Gasteiger partial charge is 0.139 e. The van der Waals surface area contributed by atoms with E-state index in [2.05, 4.69) is 11.8 Å². The highest BCUT2D eigenvalue weighted by Gasteiger charge is 2.12. The van der Waals surface area contributed by atoms with Gasteiger partial charge in [0.1, 0.15) is 23.3 Å². The fourth-order valence-electron chi connectivity index (χ4n) is 3.85. The first-order chi connectivity index (χ1) is 15.9. The summed E-state index contributed by atoms with van der Waals surface area (Å²) in [5.41, 5.74) is 2.23. The predicted molar refractivity (Wildman–Crippen MR) is 124 cm³/mol. The van der Waals surface area contributed by atoms with Gasteiger partial charge in [-0.3, -0.25) is 0 Å². The summed E-state index contributed by atoms with van der Waals surface area (Å²) in [7, 11) is 0. The summed E-state index contributed by atoms with van der Waals surface area (Å²) in [5, 5.41) is 1.62. The molecule has 0 aliphatic rings. The molecule has 0 N–H and O–H groups in total. The number of aryl methyl sites for hydroxylation is 2. The van der Waals surface area contributed by atoms with Crippen LogP contribution in [0.4, 0.5) is 17.6 Å². The second-order valence-electron chi connectivity index (χ2n) is 8.06. The van der Waals surface area contributed by atoms with Crippen LogP contribution in [0.15, 0.2) is 66.7 Å². The number of hydrogen-bond donors (Lipinski definition) is 0. The molecule has 0 atom stereocenters. The van der Waals surface area contributed by atoms with E-state index in [0.717, 1.165) is 17.2 Å². The molecule has 0 aliphatic carbocycles. The zero-order valence-corrected chi connectivity index (χ0v) is 18.2. The minimum absolute atomic E-state index is 0.0234. The largest absolute Gasteiger partial charge is 0.207 e. The van der Waals surface area contributed by atoms with Crippen molar-refractivity contribution in [1.29, 1.82) is 0 Å². The van der Waals surface area contributed by atoms with Crippen LogP contribution >= 0.6 is 0 Å². The lowest BCUT2D eigenvalue weighted by Gasteiger charge is -2.08. The van der Waals surface area contributed by atoms with Crippen molar-refractivity contribution in [3.8, 4) is 11.8 Å². The van der Waals surface area contributed by atoms with Crippen molar-refractivity contribution >= 4 is 10.8 Å². The molecule has 166 valence electrons. The molecule has 4 heteroatoms. The monoisotopic (exact) mass is 446 g/mol. The van der Waals surface area contributed by atoms with Gasteiger partial charge in [0.05, 0.1) is 5.56 Å². The van der Waals surface area contributed by atoms with Gasteiger partial charge in [-0.05, 0) is 89.7 Å². The molecular weight excluding hydrogens is 424 g/mol. The number of fused-ring (bicyclic) bond motifs is 1. The van der Waals surface area contributed by atoms with Gasteiger partial charge in [-0.15, -0.1) is 0 Å². The van der Waals surface area contributed by atoms with Gasteiger partial charge in [0, 0.05) is 11.1 Å². The number of benzene rings is 4. The third-order valence-electron chi connectivity index (χ3n) is 5.58. The molecule has 0 saturated carbocycles. The van der Waals surface area contributed by atoms with Crippen molar-refractivity contribution in [3.05, 3.63) is 118 Å². The van der Waals surface area contributed by atoms with Crippen LogP contribution in [0.2, 0.25) is 0 Å². The zero-order valence-electron chi connectivity index (χ0n) is 18.2. The van der Waals surface area contributed by atoms with E-state index in [9.17, 15) is 17.6 Å². The van der Waals surface area contributed by atoms with E-state index in [-0.39, 0.29) is 23.4 Å². The molecule has 33 heavy (non-hydrogen) atoms. The first-order valence-electron chi connectivity index (χ1n) is 10.9. The van der Waals surface area contributed by atoms with Crippen LogP contribution in [0, 0.1) is 35.1 Å². The summed E-state index contributed by atoms with van der Waals surface area (Å²) in [6.07, 6.45) is 1.90. The second-order valence-corrected chi connectivity index (χ2v) is 8.06.